The molecule has 4 rings (SSSR count). The zero-order valence-electron chi connectivity index (χ0n) is 14.9. The van der Waals surface area contributed by atoms with Crippen molar-refractivity contribution in [2.24, 2.45) is 0 Å². The van der Waals surface area contributed by atoms with Crippen molar-refractivity contribution < 1.29 is 14.0 Å². The third-order valence-electron chi connectivity index (χ3n) is 4.76. The molecule has 0 bridgehead atoms. The van der Waals surface area contributed by atoms with E-state index in [1.807, 2.05) is 25.1 Å². The third kappa shape index (κ3) is 3.41. The fourth-order valence-electron chi connectivity index (χ4n) is 3.47. The van der Waals surface area contributed by atoms with E-state index in [9.17, 15) is 14.0 Å². The summed E-state index contributed by atoms with van der Waals surface area (Å²) in [5, 5.41) is 6.72. The molecule has 0 saturated carbocycles. The van der Waals surface area contributed by atoms with Gasteiger partial charge in [-0.2, -0.15) is 0 Å². The van der Waals surface area contributed by atoms with Crippen LogP contribution in [-0.2, 0) is 4.79 Å². The van der Waals surface area contributed by atoms with Crippen molar-refractivity contribution in [2.45, 2.75) is 19.3 Å². The van der Waals surface area contributed by atoms with Gasteiger partial charge >= 0.3 is 0 Å². The van der Waals surface area contributed by atoms with Gasteiger partial charge in [-0.1, -0.05) is 35.9 Å². The molecule has 1 unspecified atom stereocenters. The Bertz CT molecular complexity index is 1100. The van der Waals surface area contributed by atoms with Crippen molar-refractivity contribution >= 4 is 45.4 Å². The molecule has 2 heterocycles. The first-order valence-corrected chi connectivity index (χ1v) is 9.88. The zero-order valence-corrected chi connectivity index (χ0v) is 16.5. The highest BCUT2D eigenvalue weighted by atomic mass is 35.5. The van der Waals surface area contributed by atoms with E-state index in [-0.39, 0.29) is 23.9 Å². The number of anilines is 2. The fourth-order valence-corrected chi connectivity index (χ4v) is 4.85. The van der Waals surface area contributed by atoms with E-state index in [4.69, 9.17) is 11.6 Å². The van der Waals surface area contributed by atoms with Gasteiger partial charge in [-0.3, -0.25) is 9.59 Å². The molecule has 0 fully saturated rings. The average molecular weight is 415 g/mol. The summed E-state index contributed by atoms with van der Waals surface area (Å²) in [5.41, 5.74) is 2.73. The lowest BCUT2D eigenvalue weighted by Crippen LogP contribution is -2.22. The molecular weight excluding hydrogens is 399 g/mol. The van der Waals surface area contributed by atoms with Crippen LogP contribution in [0.2, 0.25) is 5.02 Å². The molecule has 3 aromatic rings. The quantitative estimate of drug-likeness (QED) is 0.588. The largest absolute Gasteiger partial charge is 0.319 e. The molecule has 142 valence electrons. The highest BCUT2D eigenvalue weighted by molar-refractivity contribution is 7.18. The topological polar surface area (TPSA) is 58.2 Å². The Balaban J connectivity index is 1.73. The van der Waals surface area contributed by atoms with Gasteiger partial charge in [-0.25, -0.2) is 4.39 Å². The number of nitrogens with one attached hydrogen (secondary N) is 2. The van der Waals surface area contributed by atoms with Crippen LogP contribution >= 0.6 is 22.9 Å². The molecule has 2 aromatic carbocycles. The van der Waals surface area contributed by atoms with Gasteiger partial charge in [0.25, 0.3) is 5.91 Å². The Morgan fingerprint density at radius 2 is 2.04 bits per heavy atom. The third-order valence-corrected chi connectivity index (χ3v) is 6.22. The van der Waals surface area contributed by atoms with Crippen molar-refractivity contribution in [1.82, 2.24) is 0 Å². The molecule has 2 amide bonds. The van der Waals surface area contributed by atoms with Crippen molar-refractivity contribution in [3.8, 4) is 0 Å². The van der Waals surface area contributed by atoms with Gasteiger partial charge in [0.05, 0.1) is 15.6 Å². The summed E-state index contributed by atoms with van der Waals surface area (Å²) in [6.45, 7) is 1.85. The Morgan fingerprint density at radius 3 is 2.79 bits per heavy atom. The summed E-state index contributed by atoms with van der Waals surface area (Å²) < 4.78 is 13.9. The maximum absolute atomic E-state index is 13.9. The summed E-state index contributed by atoms with van der Waals surface area (Å²) in [4.78, 5) is 25.5. The summed E-state index contributed by atoms with van der Waals surface area (Å²) in [5.74, 6) is -1.20. The zero-order chi connectivity index (χ0) is 19.8. The van der Waals surface area contributed by atoms with Crippen LogP contribution in [0, 0.1) is 12.7 Å². The predicted octanol–water partition coefficient (Wildman–Crippen LogP) is 5.58. The second-order valence-corrected chi connectivity index (χ2v) is 8.05. The summed E-state index contributed by atoms with van der Waals surface area (Å²) in [7, 11) is 0. The molecule has 28 heavy (non-hydrogen) atoms. The van der Waals surface area contributed by atoms with Crippen LogP contribution < -0.4 is 10.6 Å². The molecule has 2 N–H and O–H groups in total. The minimum atomic E-state index is -0.500. The van der Waals surface area contributed by atoms with Gasteiger partial charge in [0, 0.05) is 17.4 Å². The van der Waals surface area contributed by atoms with Crippen molar-refractivity contribution in [3.63, 3.8) is 0 Å². The summed E-state index contributed by atoms with van der Waals surface area (Å²) in [6, 6.07) is 13.4. The van der Waals surface area contributed by atoms with Gasteiger partial charge in [-0.05, 0) is 47.9 Å². The van der Waals surface area contributed by atoms with Gasteiger partial charge in [0.2, 0.25) is 5.91 Å². The molecule has 1 aromatic heterocycles. The number of thiophene rings is 1. The van der Waals surface area contributed by atoms with Gasteiger partial charge in [-0.15, -0.1) is 11.3 Å². The Hall–Kier alpha value is -2.70. The van der Waals surface area contributed by atoms with Crippen molar-refractivity contribution in [1.29, 1.82) is 0 Å². The monoisotopic (exact) mass is 414 g/mol. The molecule has 1 atom stereocenters. The van der Waals surface area contributed by atoms with Crippen LogP contribution in [-0.4, -0.2) is 11.8 Å². The lowest BCUT2D eigenvalue weighted by Gasteiger charge is -2.24. The second kappa shape index (κ2) is 7.37. The number of fused-ring (bicyclic) bond motifs is 1. The van der Waals surface area contributed by atoms with Crippen LogP contribution in [0.4, 0.5) is 15.1 Å². The van der Waals surface area contributed by atoms with Gasteiger partial charge in [0.15, 0.2) is 0 Å². The van der Waals surface area contributed by atoms with E-state index in [0.29, 0.717) is 14.9 Å². The van der Waals surface area contributed by atoms with Crippen LogP contribution in [0.1, 0.15) is 38.7 Å². The standard InChI is InChI=1S/C21H16ClFN2O2S/c1-11-18-14(12-5-4-6-13(22)9-12)10-17(26)25-21(18)28-19(11)20(27)24-16-8-3-2-7-15(16)23/h2-9,14H,10H2,1H3,(H,24,27)(H,25,26). The number of amides is 2. The van der Waals surface area contributed by atoms with Crippen molar-refractivity contribution in [2.75, 3.05) is 10.6 Å². The molecular formula is C21H16ClFN2O2S. The highest BCUT2D eigenvalue weighted by Crippen LogP contribution is 2.45. The molecule has 1 aliphatic rings. The molecule has 1 aliphatic heterocycles. The maximum atomic E-state index is 13.9. The smallest absolute Gasteiger partial charge is 0.266 e. The molecule has 0 radical (unpaired) electrons. The average Bonchev–Trinajstić information content (AvgIpc) is 2.99. The lowest BCUT2D eigenvalue weighted by molar-refractivity contribution is -0.116. The predicted molar refractivity (Wildman–Crippen MR) is 110 cm³/mol. The first-order valence-electron chi connectivity index (χ1n) is 8.68. The minimum Gasteiger partial charge on any atom is -0.319 e. The van der Waals surface area contributed by atoms with Crippen LogP contribution in [0.5, 0.6) is 0 Å². The van der Waals surface area contributed by atoms with E-state index in [2.05, 4.69) is 10.6 Å². The van der Waals surface area contributed by atoms with Crippen molar-refractivity contribution in [3.05, 3.63) is 80.9 Å². The molecule has 0 aliphatic carbocycles. The fraction of sp³-hybridized carbons (Fsp3) is 0.143. The maximum Gasteiger partial charge on any atom is 0.266 e. The number of halogens is 2. The molecule has 4 nitrogen and oxygen atoms in total. The minimum absolute atomic E-state index is 0.111. The number of rotatable bonds is 3. The summed E-state index contributed by atoms with van der Waals surface area (Å²) in [6.07, 6.45) is 0.277. The molecule has 7 heteroatoms. The Labute approximate surface area is 170 Å². The number of carbonyl (C=O) groups is 2. The molecule has 0 spiro atoms. The van der Waals surface area contributed by atoms with E-state index >= 15 is 0 Å². The Kier molecular flexibility index (Phi) is 4.91. The van der Waals surface area contributed by atoms with Gasteiger partial charge in [0.1, 0.15) is 5.82 Å². The SMILES string of the molecule is Cc1c(C(=O)Nc2ccccc2F)sc2c1C(c1cccc(Cl)c1)CC(=O)N2. The first-order chi connectivity index (χ1) is 13.4. The summed E-state index contributed by atoms with van der Waals surface area (Å²) >= 11 is 7.33. The number of hydrogen-bond donors (Lipinski definition) is 2. The number of benzene rings is 2. The van der Waals surface area contributed by atoms with E-state index in [0.717, 1.165) is 16.7 Å². The number of hydrogen-bond acceptors (Lipinski definition) is 3. The van der Waals surface area contributed by atoms with Crippen LogP contribution in [0.15, 0.2) is 48.5 Å². The first kappa shape index (κ1) is 18.7. The van der Waals surface area contributed by atoms with E-state index < -0.39 is 11.7 Å². The van der Waals surface area contributed by atoms with E-state index in [1.54, 1.807) is 18.2 Å². The van der Waals surface area contributed by atoms with Crippen LogP contribution in [0.25, 0.3) is 0 Å². The highest BCUT2D eigenvalue weighted by Gasteiger charge is 2.33. The molecule has 0 saturated heterocycles. The van der Waals surface area contributed by atoms with Crippen LogP contribution in [0.3, 0.4) is 0 Å². The lowest BCUT2D eigenvalue weighted by atomic mass is 9.85. The van der Waals surface area contributed by atoms with Gasteiger partial charge < -0.3 is 10.6 Å². The second-order valence-electron chi connectivity index (χ2n) is 6.59. The Morgan fingerprint density at radius 1 is 1.25 bits per heavy atom. The number of carbonyl (C=O) groups excluding carboxylic acids is 2. The number of para-hydroxylation sites is 1. The normalized spacial score (nSPS) is 15.7. The van der Waals surface area contributed by atoms with E-state index in [1.165, 1.54) is 23.5 Å².